The molecule has 1 aliphatic rings. The maximum absolute atomic E-state index is 11.6. The van der Waals surface area contributed by atoms with E-state index in [0.717, 1.165) is 23.9 Å². The highest BCUT2D eigenvalue weighted by Gasteiger charge is 2.27. The van der Waals surface area contributed by atoms with Crippen LogP contribution in [0.1, 0.15) is 36.4 Å². The Morgan fingerprint density at radius 1 is 1.61 bits per heavy atom. The molecule has 0 spiro atoms. The minimum Gasteiger partial charge on any atom is -0.396 e. The van der Waals surface area contributed by atoms with Crippen molar-refractivity contribution in [2.75, 3.05) is 30.0 Å². The van der Waals surface area contributed by atoms with Gasteiger partial charge < -0.3 is 10.6 Å². The predicted molar refractivity (Wildman–Crippen MR) is 81.1 cm³/mol. The molecule has 2 N–H and O–H groups in total. The van der Waals surface area contributed by atoms with Crippen LogP contribution in [0.5, 0.6) is 0 Å². The Morgan fingerprint density at radius 3 is 2.83 bits per heavy atom. The van der Waals surface area contributed by atoms with Crippen molar-refractivity contribution in [1.29, 1.82) is 0 Å². The molecule has 0 amide bonds. The van der Waals surface area contributed by atoms with Crippen molar-refractivity contribution in [3.8, 4) is 0 Å². The number of carbonyl (C=O) groups excluding carboxylic acids is 1. The zero-order valence-electron chi connectivity index (χ0n) is 11.2. The Kier molecular flexibility index (Phi) is 4.22. The number of thiophene rings is 1. The molecule has 18 heavy (non-hydrogen) atoms. The fourth-order valence-corrected chi connectivity index (χ4v) is 4.55. The monoisotopic (exact) mass is 284 g/mol. The minimum absolute atomic E-state index is 0.0743. The first kappa shape index (κ1) is 13.7. The van der Waals surface area contributed by atoms with Crippen molar-refractivity contribution >= 4 is 39.6 Å². The number of thioether (sulfide) groups is 1. The number of nitrogens with zero attached hydrogens (tertiary/aromatic N) is 1. The standard InChI is InChI=1S/C13H20N2OS2/c1-4-9-5-6-15(7-9)13-12(17-3)10(14)11(18-13)8(2)16/h9H,4-7,14H2,1-3H3. The maximum atomic E-state index is 11.6. The lowest BCUT2D eigenvalue weighted by molar-refractivity contribution is 0.102. The van der Waals surface area contributed by atoms with E-state index < -0.39 is 0 Å². The number of hydrogen-bond acceptors (Lipinski definition) is 5. The summed E-state index contributed by atoms with van der Waals surface area (Å²) in [6.45, 7) is 6.02. The van der Waals surface area contributed by atoms with E-state index in [4.69, 9.17) is 5.73 Å². The lowest BCUT2D eigenvalue weighted by Crippen LogP contribution is -2.18. The largest absolute Gasteiger partial charge is 0.396 e. The van der Waals surface area contributed by atoms with Gasteiger partial charge in [-0.3, -0.25) is 4.79 Å². The summed E-state index contributed by atoms with van der Waals surface area (Å²) in [6, 6.07) is 0. The fraction of sp³-hybridized carbons (Fsp3) is 0.615. The molecule has 1 aromatic rings. The van der Waals surface area contributed by atoms with Crippen LogP contribution in [0.25, 0.3) is 0 Å². The van der Waals surface area contributed by atoms with Gasteiger partial charge >= 0.3 is 0 Å². The Hall–Kier alpha value is -0.680. The third-order valence-electron chi connectivity index (χ3n) is 3.56. The van der Waals surface area contributed by atoms with Gasteiger partial charge in [0, 0.05) is 20.0 Å². The van der Waals surface area contributed by atoms with E-state index in [-0.39, 0.29) is 5.78 Å². The molecule has 1 fully saturated rings. The van der Waals surface area contributed by atoms with Crippen molar-refractivity contribution in [2.45, 2.75) is 31.6 Å². The highest BCUT2D eigenvalue weighted by Crippen LogP contribution is 2.45. The van der Waals surface area contributed by atoms with E-state index >= 15 is 0 Å². The summed E-state index contributed by atoms with van der Waals surface area (Å²) >= 11 is 3.21. The lowest BCUT2D eigenvalue weighted by Gasteiger charge is -2.17. The summed E-state index contributed by atoms with van der Waals surface area (Å²) in [7, 11) is 0. The fourth-order valence-electron chi connectivity index (χ4n) is 2.43. The molecule has 2 heterocycles. The SMILES string of the molecule is CCC1CCN(c2sc(C(C)=O)c(N)c2SC)C1. The van der Waals surface area contributed by atoms with Gasteiger partial charge in [-0.2, -0.15) is 0 Å². The van der Waals surface area contributed by atoms with Crippen molar-refractivity contribution in [2.24, 2.45) is 5.92 Å². The number of rotatable bonds is 4. The van der Waals surface area contributed by atoms with Crippen LogP contribution in [0.3, 0.4) is 0 Å². The van der Waals surface area contributed by atoms with Gasteiger partial charge in [-0.25, -0.2) is 0 Å². The van der Waals surface area contributed by atoms with E-state index in [9.17, 15) is 4.79 Å². The Labute approximate surface area is 117 Å². The third kappa shape index (κ3) is 2.38. The second-order valence-corrected chi connectivity index (χ2v) is 6.56. The average Bonchev–Trinajstić information content (AvgIpc) is 2.92. The van der Waals surface area contributed by atoms with Gasteiger partial charge in [-0.15, -0.1) is 23.1 Å². The highest BCUT2D eigenvalue weighted by atomic mass is 32.2. The highest BCUT2D eigenvalue weighted by molar-refractivity contribution is 7.99. The van der Waals surface area contributed by atoms with Crippen LogP contribution < -0.4 is 10.6 Å². The first-order valence-electron chi connectivity index (χ1n) is 6.30. The molecule has 0 saturated carbocycles. The summed E-state index contributed by atoms with van der Waals surface area (Å²) in [4.78, 5) is 15.8. The summed E-state index contributed by atoms with van der Waals surface area (Å²) in [5.41, 5.74) is 6.77. The molecule has 5 heteroatoms. The molecule has 1 aromatic heterocycles. The van der Waals surface area contributed by atoms with Gasteiger partial charge in [0.25, 0.3) is 0 Å². The summed E-state index contributed by atoms with van der Waals surface area (Å²) < 4.78 is 0. The zero-order chi connectivity index (χ0) is 13.3. The van der Waals surface area contributed by atoms with Gasteiger partial charge in [-0.05, 0) is 18.6 Å². The van der Waals surface area contributed by atoms with Gasteiger partial charge in [0.15, 0.2) is 5.78 Å². The Bertz CT molecular complexity index is 456. The number of ketones is 1. The molecule has 0 aliphatic carbocycles. The number of anilines is 2. The van der Waals surface area contributed by atoms with E-state index in [1.54, 1.807) is 30.0 Å². The van der Waals surface area contributed by atoms with Gasteiger partial charge in [-0.1, -0.05) is 13.3 Å². The van der Waals surface area contributed by atoms with Crippen LogP contribution in [0, 0.1) is 5.92 Å². The molecule has 1 unspecified atom stereocenters. The Morgan fingerprint density at radius 2 is 2.33 bits per heavy atom. The number of nitrogen functional groups attached to an aromatic ring is 1. The summed E-state index contributed by atoms with van der Waals surface area (Å²) in [6.07, 6.45) is 4.50. The second kappa shape index (κ2) is 5.53. The van der Waals surface area contributed by atoms with Crippen molar-refractivity contribution in [3.05, 3.63) is 4.88 Å². The van der Waals surface area contributed by atoms with Gasteiger partial charge in [0.2, 0.25) is 0 Å². The summed E-state index contributed by atoms with van der Waals surface area (Å²) in [5.74, 6) is 0.856. The summed E-state index contributed by atoms with van der Waals surface area (Å²) in [5, 5.41) is 1.20. The molecular formula is C13H20N2OS2. The van der Waals surface area contributed by atoms with Gasteiger partial charge in [0.05, 0.1) is 15.5 Å². The molecule has 1 saturated heterocycles. The van der Waals surface area contributed by atoms with Crippen molar-refractivity contribution < 1.29 is 4.79 Å². The lowest BCUT2D eigenvalue weighted by atomic mass is 10.1. The van der Waals surface area contributed by atoms with Crippen LogP contribution in [0.15, 0.2) is 4.90 Å². The van der Waals surface area contributed by atoms with Crippen molar-refractivity contribution in [1.82, 2.24) is 0 Å². The molecule has 0 radical (unpaired) electrons. The number of Topliss-reactive ketones (excluding diaryl/α,β-unsaturated/α-hetero) is 1. The van der Waals surface area contributed by atoms with Crippen LogP contribution in [-0.4, -0.2) is 25.1 Å². The molecule has 100 valence electrons. The number of carbonyl (C=O) groups is 1. The molecule has 1 atom stereocenters. The van der Waals surface area contributed by atoms with Crippen LogP contribution >= 0.6 is 23.1 Å². The maximum Gasteiger partial charge on any atom is 0.171 e. The first-order valence-corrected chi connectivity index (χ1v) is 8.34. The van der Waals surface area contributed by atoms with Crippen LogP contribution in [0.4, 0.5) is 10.7 Å². The van der Waals surface area contributed by atoms with E-state index in [2.05, 4.69) is 11.8 Å². The molecule has 2 rings (SSSR count). The first-order chi connectivity index (χ1) is 8.58. The topological polar surface area (TPSA) is 46.3 Å². The smallest absolute Gasteiger partial charge is 0.171 e. The Balaban J connectivity index is 2.33. The van der Waals surface area contributed by atoms with Crippen LogP contribution in [0.2, 0.25) is 0 Å². The minimum atomic E-state index is 0.0743. The van der Waals surface area contributed by atoms with E-state index in [0.29, 0.717) is 10.6 Å². The molecule has 0 aromatic carbocycles. The van der Waals surface area contributed by atoms with Gasteiger partial charge in [0.1, 0.15) is 5.00 Å². The second-order valence-electron chi connectivity index (χ2n) is 4.75. The average molecular weight is 284 g/mol. The molecule has 1 aliphatic heterocycles. The number of hydrogen-bond donors (Lipinski definition) is 1. The molecule has 0 bridgehead atoms. The van der Waals surface area contributed by atoms with Crippen molar-refractivity contribution in [3.63, 3.8) is 0 Å². The molecule has 3 nitrogen and oxygen atoms in total. The predicted octanol–water partition coefficient (Wildman–Crippen LogP) is 3.49. The molecular weight excluding hydrogens is 264 g/mol. The third-order valence-corrected chi connectivity index (χ3v) is 5.87. The quantitative estimate of drug-likeness (QED) is 0.679. The zero-order valence-corrected chi connectivity index (χ0v) is 12.8. The normalized spacial score (nSPS) is 19.5. The van der Waals surface area contributed by atoms with E-state index in [1.807, 2.05) is 6.26 Å². The number of nitrogens with two attached hydrogens (primary N) is 1. The van der Waals surface area contributed by atoms with E-state index in [1.165, 1.54) is 17.8 Å². The van der Waals surface area contributed by atoms with Crippen LogP contribution in [-0.2, 0) is 0 Å².